The molecule has 1 aliphatic heterocycles. The maximum atomic E-state index is 12.2. The van der Waals surface area contributed by atoms with Crippen molar-refractivity contribution >= 4 is 5.91 Å². The Kier molecular flexibility index (Phi) is 2.83. The second-order valence-electron chi connectivity index (χ2n) is 3.79. The Bertz CT molecular complexity index is 572. The summed E-state index contributed by atoms with van der Waals surface area (Å²) in [6.07, 6.45) is 1.26. The largest absolute Gasteiger partial charge is 0.488 e. The fourth-order valence-electron chi connectivity index (χ4n) is 2.16. The topological polar surface area (TPSA) is 49.8 Å². The van der Waals surface area contributed by atoms with Crippen LogP contribution in [0.25, 0.3) is 0 Å². The summed E-state index contributed by atoms with van der Waals surface area (Å²) >= 11 is 0. The first-order chi connectivity index (χ1) is 8.61. The van der Waals surface area contributed by atoms with Gasteiger partial charge in [0, 0.05) is 17.3 Å². The second kappa shape index (κ2) is 4.18. The second-order valence-corrected chi connectivity index (χ2v) is 3.79. The van der Waals surface area contributed by atoms with E-state index in [1.165, 1.54) is 13.3 Å². The van der Waals surface area contributed by atoms with Gasteiger partial charge in [-0.05, 0) is 6.07 Å². The predicted octanol–water partition coefficient (Wildman–Crippen LogP) is 1.75. The molecular formula is C14H13NO3. The molecule has 0 spiro atoms. The van der Waals surface area contributed by atoms with Gasteiger partial charge in [-0.15, -0.1) is 0 Å². The number of ether oxygens (including phenoxy) is 1. The summed E-state index contributed by atoms with van der Waals surface area (Å²) in [6, 6.07) is 6.77. The number of fused-ring (bicyclic) bond motifs is 1. The van der Waals surface area contributed by atoms with Crippen LogP contribution in [0.4, 0.5) is 0 Å². The molecule has 4 heteroatoms. The van der Waals surface area contributed by atoms with Gasteiger partial charge in [0.25, 0.3) is 5.91 Å². The molecule has 1 atom stereocenters. The molecule has 18 heavy (non-hydrogen) atoms. The van der Waals surface area contributed by atoms with Gasteiger partial charge in [0.15, 0.2) is 5.76 Å². The van der Waals surface area contributed by atoms with E-state index >= 15 is 0 Å². The van der Waals surface area contributed by atoms with Crippen LogP contribution in [0.1, 0.15) is 15.9 Å². The number of methoxy groups -OCH3 is 1. The predicted molar refractivity (Wildman–Crippen MR) is 66.4 cm³/mol. The molecule has 0 aliphatic carbocycles. The lowest BCUT2D eigenvalue weighted by molar-refractivity contribution is -0.0645. The summed E-state index contributed by atoms with van der Waals surface area (Å²) in [4.78, 5) is 13.3. The Hall–Kier alpha value is -2.29. The molecule has 1 amide bonds. The standard InChI is InChI=1S/C14H13NO3/c1-4-12(18-3)14(17)11-9-7-6-8-10(11)13(16)15(14)5-2/h5-9,17H,1-2H2,3H3/t14-/m0/s1. The zero-order chi connectivity index (χ0) is 13.3. The molecule has 1 heterocycles. The van der Waals surface area contributed by atoms with Crippen LogP contribution >= 0.6 is 0 Å². The molecule has 0 unspecified atom stereocenters. The molecular weight excluding hydrogens is 230 g/mol. The third-order valence-corrected chi connectivity index (χ3v) is 2.96. The van der Waals surface area contributed by atoms with Crippen molar-refractivity contribution in [2.24, 2.45) is 0 Å². The van der Waals surface area contributed by atoms with Crippen LogP contribution in [0.3, 0.4) is 0 Å². The monoisotopic (exact) mass is 243 g/mol. The number of benzene rings is 1. The summed E-state index contributed by atoms with van der Waals surface area (Å²) in [5.74, 6) is -0.284. The van der Waals surface area contributed by atoms with Gasteiger partial charge in [-0.2, -0.15) is 0 Å². The molecule has 1 aromatic rings. The highest BCUT2D eigenvalue weighted by atomic mass is 16.5. The number of aliphatic hydroxyl groups is 1. The molecule has 0 fully saturated rings. The maximum Gasteiger partial charge on any atom is 0.261 e. The van der Waals surface area contributed by atoms with Gasteiger partial charge in [-0.3, -0.25) is 9.69 Å². The van der Waals surface area contributed by atoms with Crippen molar-refractivity contribution in [1.82, 2.24) is 4.90 Å². The van der Waals surface area contributed by atoms with Crippen LogP contribution in [0.2, 0.25) is 0 Å². The van der Waals surface area contributed by atoms with Crippen molar-refractivity contribution in [3.8, 4) is 0 Å². The number of hydrogen-bond acceptors (Lipinski definition) is 3. The third kappa shape index (κ3) is 1.34. The van der Waals surface area contributed by atoms with Crippen LogP contribution in [0.15, 0.2) is 55.1 Å². The normalized spacial score (nSPS) is 21.2. The fraction of sp³-hybridized carbons (Fsp3) is 0.143. The Balaban J connectivity index is 2.76. The van der Waals surface area contributed by atoms with E-state index in [9.17, 15) is 9.90 Å². The van der Waals surface area contributed by atoms with E-state index in [1.807, 2.05) is 0 Å². The minimum Gasteiger partial charge on any atom is -0.488 e. The Morgan fingerprint density at radius 2 is 2.22 bits per heavy atom. The molecule has 0 radical (unpaired) electrons. The van der Waals surface area contributed by atoms with Gasteiger partial charge in [0.1, 0.15) is 0 Å². The molecule has 0 saturated heterocycles. The minimum absolute atomic E-state index is 0.0562. The smallest absolute Gasteiger partial charge is 0.261 e. The zero-order valence-electron chi connectivity index (χ0n) is 10.0. The Morgan fingerprint density at radius 3 is 2.78 bits per heavy atom. The average molecular weight is 243 g/mol. The van der Waals surface area contributed by atoms with Crippen molar-refractivity contribution in [3.05, 3.63) is 66.2 Å². The van der Waals surface area contributed by atoms with E-state index in [2.05, 4.69) is 18.9 Å². The lowest BCUT2D eigenvalue weighted by atomic mass is 10.00. The van der Waals surface area contributed by atoms with E-state index < -0.39 is 5.72 Å². The van der Waals surface area contributed by atoms with E-state index in [-0.39, 0.29) is 11.7 Å². The van der Waals surface area contributed by atoms with Gasteiger partial charge >= 0.3 is 0 Å². The molecule has 0 saturated carbocycles. The van der Waals surface area contributed by atoms with Crippen molar-refractivity contribution in [2.75, 3.05) is 7.11 Å². The first kappa shape index (κ1) is 12.2. The van der Waals surface area contributed by atoms with Crippen LogP contribution in [0, 0.1) is 0 Å². The van der Waals surface area contributed by atoms with E-state index in [1.54, 1.807) is 24.3 Å². The lowest BCUT2D eigenvalue weighted by Gasteiger charge is -2.31. The van der Waals surface area contributed by atoms with Gasteiger partial charge < -0.3 is 9.84 Å². The van der Waals surface area contributed by atoms with Gasteiger partial charge in [-0.25, -0.2) is 0 Å². The highest BCUT2D eigenvalue weighted by molar-refractivity contribution is 6.00. The molecule has 0 bridgehead atoms. The third-order valence-electron chi connectivity index (χ3n) is 2.96. The molecule has 1 N–H and O–H groups in total. The van der Waals surface area contributed by atoms with Crippen LogP contribution in [-0.4, -0.2) is 23.0 Å². The molecule has 1 aliphatic rings. The zero-order valence-corrected chi connectivity index (χ0v) is 10.0. The number of nitrogens with zero attached hydrogens (tertiary/aromatic N) is 1. The fourth-order valence-corrected chi connectivity index (χ4v) is 2.16. The van der Waals surface area contributed by atoms with Gasteiger partial charge in [0.2, 0.25) is 5.72 Å². The van der Waals surface area contributed by atoms with Crippen molar-refractivity contribution in [3.63, 3.8) is 0 Å². The minimum atomic E-state index is -1.73. The summed E-state index contributed by atoms with van der Waals surface area (Å²) < 4.78 is 5.08. The van der Waals surface area contributed by atoms with Crippen molar-refractivity contribution < 1.29 is 14.6 Å². The Labute approximate surface area is 105 Å². The number of hydrogen-bond donors (Lipinski definition) is 1. The SMILES string of the molecule is C=C=C(OC)[C@@]1(O)c2ccccc2C(=O)N1C=C. The number of amides is 1. The van der Waals surface area contributed by atoms with E-state index in [0.717, 1.165) is 4.90 Å². The molecule has 92 valence electrons. The highest BCUT2D eigenvalue weighted by Gasteiger charge is 2.51. The number of carbonyl (C=O) groups excluding carboxylic acids is 1. The summed E-state index contributed by atoms with van der Waals surface area (Å²) in [6.45, 7) is 7.02. The number of carbonyl (C=O) groups is 1. The van der Waals surface area contributed by atoms with Crippen LogP contribution in [0.5, 0.6) is 0 Å². The highest BCUT2D eigenvalue weighted by Crippen LogP contribution is 2.42. The van der Waals surface area contributed by atoms with Crippen LogP contribution < -0.4 is 0 Å². The van der Waals surface area contributed by atoms with Crippen LogP contribution in [-0.2, 0) is 10.5 Å². The Morgan fingerprint density at radius 1 is 1.56 bits per heavy atom. The molecule has 4 nitrogen and oxygen atoms in total. The molecule has 2 rings (SSSR count). The maximum absolute atomic E-state index is 12.2. The molecule has 0 aromatic heterocycles. The van der Waals surface area contributed by atoms with Gasteiger partial charge in [-0.1, -0.05) is 37.1 Å². The summed E-state index contributed by atoms with van der Waals surface area (Å²) in [7, 11) is 1.39. The summed E-state index contributed by atoms with van der Waals surface area (Å²) in [5, 5.41) is 10.8. The lowest BCUT2D eigenvalue weighted by Crippen LogP contribution is -2.42. The summed E-state index contributed by atoms with van der Waals surface area (Å²) in [5.41, 5.74) is 1.62. The first-order valence-corrected chi connectivity index (χ1v) is 5.33. The van der Waals surface area contributed by atoms with Crippen molar-refractivity contribution in [2.45, 2.75) is 5.72 Å². The van der Waals surface area contributed by atoms with E-state index in [4.69, 9.17) is 4.74 Å². The average Bonchev–Trinajstić information content (AvgIpc) is 2.61. The van der Waals surface area contributed by atoms with Crippen molar-refractivity contribution in [1.29, 1.82) is 0 Å². The number of rotatable bonds is 3. The first-order valence-electron chi connectivity index (χ1n) is 5.33. The quantitative estimate of drug-likeness (QED) is 0.650. The molecule has 1 aromatic carbocycles. The van der Waals surface area contributed by atoms with Gasteiger partial charge in [0.05, 0.1) is 7.11 Å². The van der Waals surface area contributed by atoms with E-state index in [0.29, 0.717) is 11.1 Å².